The highest BCUT2D eigenvalue weighted by Crippen LogP contribution is 2.27. The molecule has 146 valence electrons. The van der Waals surface area contributed by atoms with Gasteiger partial charge in [-0.05, 0) is 29.7 Å². The Kier molecular flexibility index (Phi) is 9.48. The van der Waals surface area contributed by atoms with E-state index >= 15 is 0 Å². The number of hydrogen-bond acceptors (Lipinski definition) is 2. The molecule has 1 heterocycles. The quantitative estimate of drug-likeness (QED) is 0.292. The number of benzene rings is 2. The summed E-state index contributed by atoms with van der Waals surface area (Å²) in [4.78, 5) is 8.64. The molecule has 0 bridgehead atoms. The van der Waals surface area contributed by atoms with Crippen molar-refractivity contribution in [3.05, 3.63) is 102 Å². The molecule has 0 unspecified atom stereocenters. The summed E-state index contributed by atoms with van der Waals surface area (Å²) in [6, 6.07) is 27.3. The summed E-state index contributed by atoms with van der Waals surface area (Å²) in [5, 5.41) is 6.74. The van der Waals surface area contributed by atoms with Gasteiger partial charge in [0.05, 0.1) is 12.2 Å². The maximum atomic E-state index is 4.33. The number of rotatable bonds is 7. The SMILES string of the molecule is CN=C(NCCC(c1ccccc1)c1ccccc1)NCc1ccccn1.I. The van der Waals surface area contributed by atoms with Crippen LogP contribution in [-0.4, -0.2) is 24.5 Å². The summed E-state index contributed by atoms with van der Waals surface area (Å²) in [7, 11) is 1.79. The topological polar surface area (TPSA) is 49.3 Å². The van der Waals surface area contributed by atoms with Crippen molar-refractivity contribution in [2.45, 2.75) is 18.9 Å². The zero-order valence-electron chi connectivity index (χ0n) is 16.1. The third-order valence-corrected chi connectivity index (χ3v) is 4.52. The molecule has 0 saturated carbocycles. The summed E-state index contributed by atoms with van der Waals surface area (Å²) in [5.74, 6) is 1.15. The predicted octanol–water partition coefficient (Wildman–Crippen LogP) is 4.59. The molecule has 0 aliphatic rings. The fourth-order valence-electron chi connectivity index (χ4n) is 3.13. The summed E-state index contributed by atoms with van der Waals surface area (Å²) >= 11 is 0. The van der Waals surface area contributed by atoms with Crippen LogP contribution < -0.4 is 10.6 Å². The molecule has 0 spiro atoms. The highest BCUT2D eigenvalue weighted by Gasteiger charge is 2.13. The molecule has 0 atom stereocenters. The highest BCUT2D eigenvalue weighted by molar-refractivity contribution is 14.0. The molecule has 3 aromatic rings. The first-order valence-electron chi connectivity index (χ1n) is 9.31. The Bertz CT molecular complexity index is 783. The van der Waals surface area contributed by atoms with Crippen molar-refractivity contribution in [3.63, 3.8) is 0 Å². The lowest BCUT2D eigenvalue weighted by Crippen LogP contribution is -2.37. The molecule has 4 nitrogen and oxygen atoms in total. The van der Waals surface area contributed by atoms with E-state index in [-0.39, 0.29) is 24.0 Å². The number of nitrogens with zero attached hydrogens (tertiary/aromatic N) is 2. The molecule has 0 fully saturated rings. The maximum Gasteiger partial charge on any atom is 0.191 e. The van der Waals surface area contributed by atoms with Gasteiger partial charge in [0.2, 0.25) is 0 Å². The molecule has 2 N–H and O–H groups in total. The molecular formula is C23H27IN4. The van der Waals surface area contributed by atoms with E-state index in [1.54, 1.807) is 13.2 Å². The Balaban J connectivity index is 0.00000280. The van der Waals surface area contributed by atoms with Crippen molar-refractivity contribution in [1.82, 2.24) is 15.6 Å². The number of hydrogen-bond donors (Lipinski definition) is 2. The molecule has 0 aliphatic heterocycles. The van der Waals surface area contributed by atoms with Gasteiger partial charge in [0, 0.05) is 25.7 Å². The van der Waals surface area contributed by atoms with Crippen LogP contribution in [0.3, 0.4) is 0 Å². The zero-order chi connectivity index (χ0) is 18.7. The third-order valence-electron chi connectivity index (χ3n) is 4.52. The van der Waals surface area contributed by atoms with Crippen molar-refractivity contribution in [1.29, 1.82) is 0 Å². The molecule has 0 aliphatic carbocycles. The van der Waals surface area contributed by atoms with E-state index in [1.807, 2.05) is 18.2 Å². The van der Waals surface area contributed by atoms with Crippen LogP contribution in [-0.2, 0) is 6.54 Å². The molecule has 2 aromatic carbocycles. The summed E-state index contributed by atoms with van der Waals surface area (Å²) in [6.07, 6.45) is 2.79. The van der Waals surface area contributed by atoms with E-state index in [0.717, 1.165) is 24.6 Å². The van der Waals surface area contributed by atoms with E-state index in [0.29, 0.717) is 12.5 Å². The second kappa shape index (κ2) is 12.1. The fraction of sp³-hybridized carbons (Fsp3) is 0.217. The monoisotopic (exact) mass is 486 g/mol. The second-order valence-electron chi connectivity index (χ2n) is 6.34. The minimum absolute atomic E-state index is 0. The second-order valence-corrected chi connectivity index (χ2v) is 6.34. The number of guanidine groups is 1. The van der Waals surface area contributed by atoms with Gasteiger partial charge in [0.1, 0.15) is 0 Å². The molecule has 28 heavy (non-hydrogen) atoms. The van der Waals surface area contributed by atoms with E-state index in [2.05, 4.69) is 81.3 Å². The van der Waals surface area contributed by atoms with Gasteiger partial charge in [0.15, 0.2) is 5.96 Å². The molecule has 0 radical (unpaired) electrons. The zero-order valence-corrected chi connectivity index (χ0v) is 18.4. The summed E-state index contributed by atoms with van der Waals surface area (Å²) in [6.45, 7) is 1.48. The first-order chi connectivity index (χ1) is 13.4. The van der Waals surface area contributed by atoms with Crippen LogP contribution in [0.5, 0.6) is 0 Å². The van der Waals surface area contributed by atoms with E-state index in [1.165, 1.54) is 11.1 Å². The standard InChI is InChI=1S/C23H26N4.HI/c1-24-23(27-18-21-14-8-9-16-25-21)26-17-15-22(19-10-4-2-5-11-19)20-12-6-3-7-13-20;/h2-14,16,22H,15,17-18H2,1H3,(H2,24,26,27);1H. The van der Waals surface area contributed by atoms with Gasteiger partial charge < -0.3 is 10.6 Å². The van der Waals surface area contributed by atoms with Gasteiger partial charge in [-0.25, -0.2) is 0 Å². The normalized spacial score (nSPS) is 11.0. The van der Waals surface area contributed by atoms with Crippen LogP contribution in [0.4, 0.5) is 0 Å². The van der Waals surface area contributed by atoms with Crippen molar-refractivity contribution in [2.75, 3.05) is 13.6 Å². The maximum absolute atomic E-state index is 4.33. The number of aliphatic imine (C=N–C) groups is 1. The van der Waals surface area contributed by atoms with Crippen LogP contribution in [0.1, 0.15) is 29.2 Å². The molecule has 0 saturated heterocycles. The van der Waals surface area contributed by atoms with Gasteiger partial charge in [0.25, 0.3) is 0 Å². The first kappa shape index (κ1) is 21.9. The summed E-state index contributed by atoms with van der Waals surface area (Å²) < 4.78 is 0. The van der Waals surface area contributed by atoms with E-state index in [4.69, 9.17) is 0 Å². The number of nitrogens with one attached hydrogen (secondary N) is 2. The van der Waals surface area contributed by atoms with Crippen LogP contribution in [0.2, 0.25) is 0 Å². The van der Waals surface area contributed by atoms with E-state index in [9.17, 15) is 0 Å². The molecule has 5 heteroatoms. The lowest BCUT2D eigenvalue weighted by atomic mass is 9.88. The van der Waals surface area contributed by atoms with Crippen molar-refractivity contribution < 1.29 is 0 Å². The minimum Gasteiger partial charge on any atom is -0.356 e. The number of halogens is 1. The molecule has 3 rings (SSSR count). The largest absolute Gasteiger partial charge is 0.356 e. The van der Waals surface area contributed by atoms with Crippen LogP contribution in [0, 0.1) is 0 Å². The van der Waals surface area contributed by atoms with Crippen LogP contribution >= 0.6 is 24.0 Å². The first-order valence-corrected chi connectivity index (χ1v) is 9.31. The Morgan fingerprint density at radius 1 is 0.857 bits per heavy atom. The van der Waals surface area contributed by atoms with Gasteiger partial charge in [-0.2, -0.15) is 0 Å². The van der Waals surface area contributed by atoms with Gasteiger partial charge in [-0.15, -0.1) is 24.0 Å². The van der Waals surface area contributed by atoms with Crippen molar-refractivity contribution in [2.24, 2.45) is 4.99 Å². The fourth-order valence-corrected chi connectivity index (χ4v) is 3.13. The smallest absolute Gasteiger partial charge is 0.191 e. The Hall–Kier alpha value is -2.41. The van der Waals surface area contributed by atoms with Gasteiger partial charge >= 0.3 is 0 Å². The molecule has 1 aromatic heterocycles. The molecule has 0 amide bonds. The average Bonchev–Trinajstić information content (AvgIpc) is 2.75. The lowest BCUT2D eigenvalue weighted by Gasteiger charge is -2.19. The Morgan fingerprint density at radius 2 is 1.46 bits per heavy atom. The van der Waals surface area contributed by atoms with Gasteiger partial charge in [-0.1, -0.05) is 66.7 Å². The number of aromatic nitrogens is 1. The Labute approximate surface area is 184 Å². The van der Waals surface area contributed by atoms with Crippen molar-refractivity contribution in [3.8, 4) is 0 Å². The Morgan fingerprint density at radius 3 is 2.00 bits per heavy atom. The third kappa shape index (κ3) is 6.64. The average molecular weight is 486 g/mol. The van der Waals surface area contributed by atoms with E-state index < -0.39 is 0 Å². The lowest BCUT2D eigenvalue weighted by molar-refractivity contribution is 0.677. The van der Waals surface area contributed by atoms with Crippen molar-refractivity contribution >= 4 is 29.9 Å². The highest BCUT2D eigenvalue weighted by atomic mass is 127. The molecular weight excluding hydrogens is 459 g/mol. The van der Waals surface area contributed by atoms with Crippen LogP contribution in [0.15, 0.2) is 90.1 Å². The predicted molar refractivity (Wildman–Crippen MR) is 127 cm³/mol. The number of pyridine rings is 1. The van der Waals surface area contributed by atoms with Crippen LogP contribution in [0.25, 0.3) is 0 Å². The van der Waals surface area contributed by atoms with Gasteiger partial charge in [-0.3, -0.25) is 9.98 Å². The minimum atomic E-state index is 0. The summed E-state index contributed by atoms with van der Waals surface area (Å²) in [5.41, 5.74) is 3.66.